The smallest absolute Gasteiger partial charge is 0.306 e. The van der Waals surface area contributed by atoms with Gasteiger partial charge in [-0.15, -0.1) is 0 Å². The van der Waals surface area contributed by atoms with Gasteiger partial charge in [0.25, 0.3) is 0 Å². The molecule has 0 heterocycles. The van der Waals surface area contributed by atoms with Gasteiger partial charge in [0.05, 0.1) is 5.92 Å². The lowest BCUT2D eigenvalue weighted by Crippen LogP contribution is -2.36. The molecule has 2 rings (SSSR count). The fraction of sp³-hybridized carbons (Fsp3) is 0.846. The van der Waals surface area contributed by atoms with E-state index in [0.717, 1.165) is 32.1 Å². The van der Waals surface area contributed by atoms with E-state index in [1.807, 2.05) is 6.92 Å². The summed E-state index contributed by atoms with van der Waals surface area (Å²) >= 11 is 0. The molecule has 96 valence electrons. The van der Waals surface area contributed by atoms with E-state index in [1.165, 1.54) is 0 Å². The summed E-state index contributed by atoms with van der Waals surface area (Å²) < 4.78 is 0. The van der Waals surface area contributed by atoms with Crippen LogP contribution in [-0.2, 0) is 9.59 Å². The predicted molar refractivity (Wildman–Crippen MR) is 63.4 cm³/mol. The number of aliphatic carboxylic acids is 1. The third-order valence-corrected chi connectivity index (χ3v) is 4.26. The van der Waals surface area contributed by atoms with Crippen LogP contribution in [-0.4, -0.2) is 23.5 Å². The summed E-state index contributed by atoms with van der Waals surface area (Å²) in [4.78, 5) is 22.8. The summed E-state index contributed by atoms with van der Waals surface area (Å²) in [6.07, 6.45) is 4.98. The quantitative estimate of drug-likeness (QED) is 0.766. The Labute approximate surface area is 102 Å². The molecule has 0 aromatic rings. The van der Waals surface area contributed by atoms with E-state index in [1.54, 1.807) is 0 Å². The van der Waals surface area contributed by atoms with E-state index in [0.29, 0.717) is 12.5 Å². The van der Waals surface area contributed by atoms with Gasteiger partial charge < -0.3 is 10.4 Å². The van der Waals surface area contributed by atoms with Gasteiger partial charge in [0, 0.05) is 12.5 Å². The SMILES string of the molecule is CC(C(=O)NCC1CCCC1C(=O)O)C1CC1. The van der Waals surface area contributed by atoms with Crippen LogP contribution in [0.15, 0.2) is 0 Å². The molecule has 0 spiro atoms. The summed E-state index contributed by atoms with van der Waals surface area (Å²) in [6.45, 7) is 2.50. The van der Waals surface area contributed by atoms with E-state index < -0.39 is 5.97 Å². The van der Waals surface area contributed by atoms with Crippen molar-refractivity contribution in [2.75, 3.05) is 6.54 Å². The van der Waals surface area contributed by atoms with Crippen LogP contribution in [0.4, 0.5) is 0 Å². The van der Waals surface area contributed by atoms with Crippen LogP contribution in [0.5, 0.6) is 0 Å². The molecule has 0 aliphatic heterocycles. The zero-order valence-corrected chi connectivity index (χ0v) is 10.3. The zero-order valence-electron chi connectivity index (χ0n) is 10.3. The zero-order chi connectivity index (χ0) is 12.4. The monoisotopic (exact) mass is 239 g/mol. The van der Waals surface area contributed by atoms with Crippen molar-refractivity contribution in [2.45, 2.75) is 39.0 Å². The van der Waals surface area contributed by atoms with Crippen molar-refractivity contribution in [1.29, 1.82) is 0 Å². The Morgan fingerprint density at radius 3 is 2.59 bits per heavy atom. The minimum atomic E-state index is -0.711. The maximum absolute atomic E-state index is 11.8. The lowest BCUT2D eigenvalue weighted by atomic mass is 9.96. The van der Waals surface area contributed by atoms with Crippen LogP contribution < -0.4 is 5.32 Å². The first-order chi connectivity index (χ1) is 8.09. The summed E-state index contributed by atoms with van der Waals surface area (Å²) in [5.74, 6) is -0.0801. The average molecular weight is 239 g/mol. The first-order valence-electron chi connectivity index (χ1n) is 6.60. The molecule has 17 heavy (non-hydrogen) atoms. The first kappa shape index (κ1) is 12.4. The van der Waals surface area contributed by atoms with E-state index >= 15 is 0 Å². The number of hydrogen-bond acceptors (Lipinski definition) is 2. The molecule has 4 heteroatoms. The van der Waals surface area contributed by atoms with Crippen molar-refractivity contribution in [3.05, 3.63) is 0 Å². The topological polar surface area (TPSA) is 66.4 Å². The Hall–Kier alpha value is -1.06. The Morgan fingerprint density at radius 1 is 1.29 bits per heavy atom. The number of carbonyl (C=O) groups is 2. The molecule has 0 radical (unpaired) electrons. The molecule has 3 unspecified atom stereocenters. The van der Waals surface area contributed by atoms with E-state index in [2.05, 4.69) is 5.32 Å². The molecule has 0 aromatic heterocycles. The van der Waals surface area contributed by atoms with Crippen molar-refractivity contribution < 1.29 is 14.7 Å². The number of hydrogen-bond donors (Lipinski definition) is 2. The van der Waals surface area contributed by atoms with E-state index in [9.17, 15) is 9.59 Å². The molecule has 2 fully saturated rings. The minimum absolute atomic E-state index is 0.0969. The summed E-state index contributed by atoms with van der Waals surface area (Å²) in [6, 6.07) is 0. The highest BCUT2D eigenvalue weighted by atomic mass is 16.4. The Bertz CT molecular complexity index is 312. The van der Waals surface area contributed by atoms with Crippen molar-refractivity contribution >= 4 is 11.9 Å². The summed E-state index contributed by atoms with van der Waals surface area (Å²) in [7, 11) is 0. The fourth-order valence-electron chi connectivity index (χ4n) is 2.81. The van der Waals surface area contributed by atoms with Crippen molar-refractivity contribution in [2.24, 2.45) is 23.7 Å². The molecule has 2 aliphatic rings. The normalized spacial score (nSPS) is 29.9. The molecule has 0 saturated heterocycles. The molecular formula is C13H21NO3. The van der Waals surface area contributed by atoms with Crippen LogP contribution in [0.25, 0.3) is 0 Å². The second-order valence-corrected chi connectivity index (χ2v) is 5.51. The summed E-state index contributed by atoms with van der Waals surface area (Å²) in [5, 5.41) is 12.0. The van der Waals surface area contributed by atoms with Gasteiger partial charge >= 0.3 is 5.97 Å². The maximum Gasteiger partial charge on any atom is 0.306 e. The second-order valence-electron chi connectivity index (χ2n) is 5.51. The van der Waals surface area contributed by atoms with Crippen molar-refractivity contribution in [1.82, 2.24) is 5.32 Å². The highest BCUT2D eigenvalue weighted by Gasteiger charge is 2.35. The molecule has 3 atom stereocenters. The molecule has 4 nitrogen and oxygen atoms in total. The number of nitrogens with one attached hydrogen (secondary N) is 1. The fourth-order valence-corrected chi connectivity index (χ4v) is 2.81. The molecule has 2 saturated carbocycles. The third kappa shape index (κ3) is 2.99. The Balaban J connectivity index is 1.77. The van der Waals surface area contributed by atoms with Gasteiger partial charge in [0.15, 0.2) is 0 Å². The third-order valence-electron chi connectivity index (χ3n) is 4.26. The predicted octanol–water partition coefficient (Wildman–Crippen LogP) is 1.65. The number of carboxylic acids is 1. The maximum atomic E-state index is 11.8. The molecule has 0 bridgehead atoms. The molecule has 2 aliphatic carbocycles. The largest absolute Gasteiger partial charge is 0.481 e. The molecule has 1 amide bonds. The van der Waals surface area contributed by atoms with Gasteiger partial charge in [0.2, 0.25) is 5.91 Å². The van der Waals surface area contributed by atoms with E-state index in [-0.39, 0.29) is 23.7 Å². The van der Waals surface area contributed by atoms with Gasteiger partial charge in [-0.3, -0.25) is 9.59 Å². The highest BCUT2D eigenvalue weighted by Crippen LogP contribution is 2.37. The number of rotatable bonds is 5. The average Bonchev–Trinajstić information content (AvgIpc) is 3.03. The Morgan fingerprint density at radius 2 is 2.00 bits per heavy atom. The standard InChI is InChI=1S/C13H21NO3/c1-8(9-5-6-9)12(15)14-7-10-3-2-4-11(10)13(16)17/h8-11H,2-7H2,1H3,(H,14,15)(H,16,17). The highest BCUT2D eigenvalue weighted by molar-refractivity contribution is 5.79. The second kappa shape index (κ2) is 5.07. The van der Waals surface area contributed by atoms with E-state index in [4.69, 9.17) is 5.11 Å². The van der Waals surface area contributed by atoms with Gasteiger partial charge in [-0.1, -0.05) is 13.3 Å². The number of amides is 1. The summed E-state index contributed by atoms with van der Waals surface area (Å²) in [5.41, 5.74) is 0. The molecule has 0 aromatic carbocycles. The van der Waals surface area contributed by atoms with Gasteiger partial charge in [0.1, 0.15) is 0 Å². The number of carboxylic acid groups (broad SMARTS) is 1. The van der Waals surface area contributed by atoms with Crippen LogP contribution in [0.1, 0.15) is 39.0 Å². The van der Waals surface area contributed by atoms with Crippen LogP contribution >= 0.6 is 0 Å². The Kier molecular flexibility index (Phi) is 3.69. The molecular weight excluding hydrogens is 218 g/mol. The van der Waals surface area contributed by atoms with Gasteiger partial charge in [-0.2, -0.15) is 0 Å². The minimum Gasteiger partial charge on any atom is -0.481 e. The van der Waals surface area contributed by atoms with Gasteiger partial charge in [-0.25, -0.2) is 0 Å². The van der Waals surface area contributed by atoms with Crippen molar-refractivity contribution in [3.63, 3.8) is 0 Å². The van der Waals surface area contributed by atoms with Crippen molar-refractivity contribution in [3.8, 4) is 0 Å². The van der Waals surface area contributed by atoms with Crippen LogP contribution in [0.2, 0.25) is 0 Å². The van der Waals surface area contributed by atoms with Gasteiger partial charge in [-0.05, 0) is 37.5 Å². The van der Waals surface area contributed by atoms with Crippen LogP contribution in [0, 0.1) is 23.7 Å². The number of carbonyl (C=O) groups excluding carboxylic acids is 1. The van der Waals surface area contributed by atoms with Crippen LogP contribution in [0.3, 0.4) is 0 Å². The lowest BCUT2D eigenvalue weighted by Gasteiger charge is -2.18. The lowest BCUT2D eigenvalue weighted by molar-refractivity contribution is -0.143. The first-order valence-corrected chi connectivity index (χ1v) is 6.60. The molecule has 2 N–H and O–H groups in total.